The molecule has 0 saturated heterocycles. The first-order valence-corrected chi connectivity index (χ1v) is 9.22. The van der Waals surface area contributed by atoms with Crippen molar-refractivity contribution >= 4 is 17.4 Å². The number of aromatic nitrogens is 2. The quantitative estimate of drug-likeness (QED) is 0.492. The number of rotatable bonds is 4. The van der Waals surface area contributed by atoms with Crippen LogP contribution in [0.25, 0.3) is 28.1 Å². The van der Waals surface area contributed by atoms with E-state index in [1.165, 1.54) is 36.1 Å². The fraction of sp³-hybridized carbons (Fsp3) is 0.0909. The molecule has 3 heterocycles. The lowest BCUT2D eigenvalue weighted by atomic mass is 9.93. The molecule has 31 heavy (non-hydrogen) atoms. The van der Waals surface area contributed by atoms with Gasteiger partial charge in [-0.1, -0.05) is 18.2 Å². The Labute approximate surface area is 175 Å². The highest BCUT2D eigenvalue weighted by molar-refractivity contribution is 6.04. The van der Waals surface area contributed by atoms with Crippen molar-refractivity contribution in [2.45, 2.75) is 6.42 Å². The normalized spacial score (nSPS) is 13.4. The van der Waals surface area contributed by atoms with Crippen molar-refractivity contribution < 1.29 is 28.3 Å². The summed E-state index contributed by atoms with van der Waals surface area (Å²) >= 11 is 0. The minimum absolute atomic E-state index is 0.00940. The smallest absolute Gasteiger partial charge is 0.293 e. The minimum Gasteiger partial charge on any atom is -0.492 e. The van der Waals surface area contributed by atoms with Crippen LogP contribution in [0.3, 0.4) is 0 Å². The molecule has 9 heteroatoms. The summed E-state index contributed by atoms with van der Waals surface area (Å²) in [5.41, 5.74) is 0.380. The molecule has 7 nitrogen and oxygen atoms in total. The fourth-order valence-corrected chi connectivity index (χ4v) is 3.30. The summed E-state index contributed by atoms with van der Waals surface area (Å²) in [6.07, 6.45) is 4.07. The maximum Gasteiger partial charge on any atom is 0.293 e. The average molecular weight is 423 g/mol. The summed E-state index contributed by atoms with van der Waals surface area (Å²) in [4.78, 5) is 32.5. The highest BCUT2D eigenvalue weighted by atomic mass is 19.1. The lowest BCUT2D eigenvalue weighted by Gasteiger charge is -2.21. The standard InChI is InChI=1S/C22H15F2N3O4/c23-15-6-2-1-5-14(15)20-19(24)18(16-10-13(28)7-9-31-16)17(12-4-3-8-25-11-12)21(26-20)22(29)27-30/h1-6,8,10-11,30H,7,9H2,(H,27,29). The second-order valence-corrected chi connectivity index (χ2v) is 6.61. The molecule has 0 aliphatic carbocycles. The van der Waals surface area contributed by atoms with Gasteiger partial charge < -0.3 is 4.74 Å². The maximum absolute atomic E-state index is 15.9. The third kappa shape index (κ3) is 3.78. The molecule has 0 bridgehead atoms. The zero-order valence-electron chi connectivity index (χ0n) is 15.9. The number of pyridine rings is 2. The minimum atomic E-state index is -1.06. The van der Waals surface area contributed by atoms with Crippen LogP contribution in [0.4, 0.5) is 8.78 Å². The molecule has 0 atom stereocenters. The van der Waals surface area contributed by atoms with Gasteiger partial charge >= 0.3 is 0 Å². The van der Waals surface area contributed by atoms with Crippen molar-refractivity contribution in [1.29, 1.82) is 0 Å². The van der Waals surface area contributed by atoms with E-state index in [4.69, 9.17) is 4.74 Å². The van der Waals surface area contributed by atoms with Crippen molar-refractivity contribution in [3.05, 3.63) is 77.8 Å². The average Bonchev–Trinajstić information content (AvgIpc) is 2.79. The van der Waals surface area contributed by atoms with Crippen LogP contribution in [0, 0.1) is 11.6 Å². The number of hydrogen-bond acceptors (Lipinski definition) is 6. The van der Waals surface area contributed by atoms with E-state index in [0.717, 1.165) is 12.1 Å². The third-order valence-electron chi connectivity index (χ3n) is 4.68. The molecular weight excluding hydrogens is 408 g/mol. The van der Waals surface area contributed by atoms with E-state index < -0.39 is 28.9 Å². The van der Waals surface area contributed by atoms with E-state index in [1.807, 2.05) is 0 Å². The molecular formula is C22H15F2N3O4. The van der Waals surface area contributed by atoms with Gasteiger partial charge in [0, 0.05) is 41.6 Å². The van der Waals surface area contributed by atoms with Gasteiger partial charge in [0.05, 0.1) is 12.2 Å². The van der Waals surface area contributed by atoms with Crippen LogP contribution >= 0.6 is 0 Å². The lowest BCUT2D eigenvalue weighted by molar-refractivity contribution is -0.115. The topological polar surface area (TPSA) is 101 Å². The Bertz CT molecular complexity index is 1210. The van der Waals surface area contributed by atoms with Crippen LogP contribution in [-0.2, 0) is 9.53 Å². The Balaban J connectivity index is 2.13. The third-order valence-corrected chi connectivity index (χ3v) is 4.68. The highest BCUT2D eigenvalue weighted by Gasteiger charge is 2.30. The number of benzene rings is 1. The number of carbonyl (C=O) groups excluding carboxylic acids is 2. The van der Waals surface area contributed by atoms with E-state index in [1.54, 1.807) is 12.1 Å². The van der Waals surface area contributed by atoms with Crippen LogP contribution in [0.15, 0.2) is 54.9 Å². The molecule has 1 aliphatic rings. The van der Waals surface area contributed by atoms with E-state index in [2.05, 4.69) is 9.97 Å². The van der Waals surface area contributed by atoms with Gasteiger partial charge in [0.15, 0.2) is 11.6 Å². The number of carbonyl (C=O) groups is 2. The summed E-state index contributed by atoms with van der Waals surface area (Å²) < 4.78 is 35.9. The molecule has 2 aromatic heterocycles. The van der Waals surface area contributed by atoms with Gasteiger partial charge in [-0.05, 0) is 18.2 Å². The molecule has 0 fully saturated rings. The highest BCUT2D eigenvalue weighted by Crippen LogP contribution is 2.39. The van der Waals surface area contributed by atoms with Gasteiger partial charge in [0.2, 0.25) is 0 Å². The second-order valence-electron chi connectivity index (χ2n) is 6.61. The largest absolute Gasteiger partial charge is 0.492 e. The fourth-order valence-electron chi connectivity index (χ4n) is 3.30. The summed E-state index contributed by atoms with van der Waals surface area (Å²) in [5, 5.41) is 9.27. The van der Waals surface area contributed by atoms with E-state index in [9.17, 15) is 19.2 Å². The van der Waals surface area contributed by atoms with Crippen LogP contribution in [-0.4, -0.2) is 33.5 Å². The maximum atomic E-state index is 15.9. The molecule has 1 aliphatic heterocycles. The number of amides is 1. The second kappa shape index (κ2) is 8.41. The monoisotopic (exact) mass is 423 g/mol. The number of hydrogen-bond donors (Lipinski definition) is 2. The van der Waals surface area contributed by atoms with Crippen molar-refractivity contribution in [2.24, 2.45) is 0 Å². The predicted molar refractivity (Wildman–Crippen MR) is 106 cm³/mol. The van der Waals surface area contributed by atoms with Crippen LogP contribution in [0.5, 0.6) is 0 Å². The molecule has 1 aromatic carbocycles. The Morgan fingerprint density at radius 2 is 1.94 bits per heavy atom. The van der Waals surface area contributed by atoms with Gasteiger partial charge in [0.1, 0.15) is 23.0 Å². The summed E-state index contributed by atoms with van der Waals surface area (Å²) in [6, 6.07) is 8.44. The Kier molecular flexibility index (Phi) is 5.50. The van der Waals surface area contributed by atoms with Gasteiger partial charge in [-0.25, -0.2) is 19.2 Å². The van der Waals surface area contributed by atoms with Crippen molar-refractivity contribution in [3.63, 3.8) is 0 Å². The molecule has 3 aromatic rings. The number of allylic oxidation sites excluding steroid dienone is 1. The van der Waals surface area contributed by atoms with Gasteiger partial charge in [0.25, 0.3) is 5.91 Å². The van der Waals surface area contributed by atoms with Gasteiger partial charge in [-0.15, -0.1) is 0 Å². The van der Waals surface area contributed by atoms with Crippen LogP contribution in [0.1, 0.15) is 22.5 Å². The van der Waals surface area contributed by atoms with E-state index in [0.29, 0.717) is 0 Å². The molecule has 2 N–H and O–H groups in total. The zero-order valence-corrected chi connectivity index (χ0v) is 15.9. The Morgan fingerprint density at radius 3 is 2.61 bits per heavy atom. The van der Waals surface area contributed by atoms with Crippen molar-refractivity contribution in [1.82, 2.24) is 15.4 Å². The van der Waals surface area contributed by atoms with Gasteiger partial charge in [-0.2, -0.15) is 0 Å². The molecule has 0 unspecified atom stereocenters. The molecule has 0 saturated carbocycles. The Hall–Kier alpha value is -3.98. The number of halogens is 2. The first kappa shape index (κ1) is 20.3. The number of nitrogens with one attached hydrogen (secondary N) is 1. The summed E-state index contributed by atoms with van der Waals surface area (Å²) in [6.45, 7) is 0.00940. The summed E-state index contributed by atoms with van der Waals surface area (Å²) in [5.74, 6) is -3.23. The lowest BCUT2D eigenvalue weighted by Crippen LogP contribution is -2.23. The molecule has 1 amide bonds. The number of ether oxygens (including phenoxy) is 1. The summed E-state index contributed by atoms with van der Waals surface area (Å²) in [7, 11) is 0. The first-order chi connectivity index (χ1) is 15.0. The van der Waals surface area contributed by atoms with Crippen molar-refractivity contribution in [3.8, 4) is 22.4 Å². The number of ketones is 1. The molecule has 4 rings (SSSR count). The van der Waals surface area contributed by atoms with Crippen LogP contribution < -0.4 is 5.48 Å². The first-order valence-electron chi connectivity index (χ1n) is 9.22. The van der Waals surface area contributed by atoms with Crippen LogP contribution in [0.2, 0.25) is 0 Å². The van der Waals surface area contributed by atoms with E-state index >= 15 is 4.39 Å². The van der Waals surface area contributed by atoms with E-state index in [-0.39, 0.29) is 46.8 Å². The van der Waals surface area contributed by atoms with Gasteiger partial charge in [-0.3, -0.25) is 19.8 Å². The molecule has 0 radical (unpaired) electrons. The number of nitrogens with zero attached hydrogens (tertiary/aromatic N) is 2. The SMILES string of the molecule is O=C1C=C(c2c(F)c(-c3ccccc3F)nc(C(=O)NO)c2-c2cccnc2)OCC1. The zero-order chi connectivity index (χ0) is 22.0. The molecule has 156 valence electrons. The van der Waals surface area contributed by atoms with Crippen molar-refractivity contribution in [2.75, 3.05) is 6.61 Å². The number of hydroxylamine groups is 1. The predicted octanol–water partition coefficient (Wildman–Crippen LogP) is 3.54. The molecule has 0 spiro atoms. The Morgan fingerprint density at radius 1 is 1.13 bits per heavy atom.